The van der Waals surface area contributed by atoms with Crippen molar-refractivity contribution in [1.82, 2.24) is 20.2 Å². The Kier molecular flexibility index (Phi) is 5.63. The van der Waals surface area contributed by atoms with Crippen LogP contribution in [0.25, 0.3) is 11.0 Å². The van der Waals surface area contributed by atoms with Gasteiger partial charge in [-0.3, -0.25) is 14.5 Å². The average molecular weight is 464 g/mol. The number of carbonyl (C=O) groups excluding carboxylic acids is 2. The van der Waals surface area contributed by atoms with E-state index in [0.717, 1.165) is 21.8 Å². The number of aryl methyl sites for hydroxylation is 2. The Labute approximate surface area is 186 Å². The van der Waals surface area contributed by atoms with Crippen LogP contribution in [-0.4, -0.2) is 61.7 Å². The fourth-order valence-electron chi connectivity index (χ4n) is 3.27. The molecule has 2 aromatic rings. The van der Waals surface area contributed by atoms with Crippen LogP contribution in [0, 0.1) is 13.8 Å². The number of fused-ring (bicyclic) bond motifs is 2. The van der Waals surface area contributed by atoms with Gasteiger partial charge in [-0.15, -0.1) is 11.8 Å². The smallest absolute Gasteiger partial charge is 0.449 e. The molecule has 31 heavy (non-hydrogen) atoms. The molecule has 1 aromatic carbocycles. The van der Waals surface area contributed by atoms with Gasteiger partial charge < -0.3 is 20.5 Å². The lowest BCUT2D eigenvalue weighted by Crippen LogP contribution is -2.70. The standard InChI is InChI=1S/C19H18ClN5O5S/c1-8-9(2)23-13-5-10(3-4-12(13)22-8)21-6-14(26)24-15-16(27)25-17(30-19(28)29)11(20)7-31-18(15)25/h3-5,15,18,21H,6-7H2,1-2H3,(H,24,26)(H,28,29)/t15?,18-/m0/s1. The highest BCUT2D eigenvalue weighted by Crippen LogP contribution is 2.41. The van der Waals surface area contributed by atoms with Crippen LogP contribution in [0.5, 0.6) is 0 Å². The number of hydrogen-bond acceptors (Lipinski definition) is 8. The van der Waals surface area contributed by atoms with Crippen LogP contribution in [0.1, 0.15) is 11.4 Å². The number of β-lactam (4-membered cyclic amide) rings is 1. The first-order valence-corrected chi connectivity index (χ1v) is 10.7. The highest BCUT2D eigenvalue weighted by molar-refractivity contribution is 8.00. The minimum Gasteiger partial charge on any atom is -0.449 e. The number of amides is 2. The molecule has 0 bridgehead atoms. The Morgan fingerprint density at radius 3 is 2.71 bits per heavy atom. The van der Waals surface area contributed by atoms with Crippen LogP contribution in [0.3, 0.4) is 0 Å². The third kappa shape index (κ3) is 4.10. The molecule has 1 fully saturated rings. The zero-order chi connectivity index (χ0) is 22.3. The Morgan fingerprint density at radius 2 is 2.00 bits per heavy atom. The van der Waals surface area contributed by atoms with Crippen molar-refractivity contribution in [2.75, 3.05) is 17.6 Å². The summed E-state index contributed by atoms with van der Waals surface area (Å²) in [5.74, 6) is -0.785. The molecule has 2 aliphatic rings. The molecule has 3 N–H and O–H groups in total. The van der Waals surface area contributed by atoms with Gasteiger partial charge in [0.05, 0.1) is 34.0 Å². The van der Waals surface area contributed by atoms with Crippen molar-refractivity contribution >= 4 is 58.1 Å². The number of anilines is 1. The van der Waals surface area contributed by atoms with Crippen molar-refractivity contribution in [2.45, 2.75) is 25.3 Å². The minimum absolute atomic E-state index is 0.0555. The second kappa shape index (κ2) is 8.23. The largest absolute Gasteiger partial charge is 0.512 e. The summed E-state index contributed by atoms with van der Waals surface area (Å²) in [4.78, 5) is 45.8. The molecule has 4 rings (SSSR count). The molecule has 1 unspecified atom stereocenters. The van der Waals surface area contributed by atoms with E-state index in [2.05, 4.69) is 25.3 Å². The Hall–Kier alpha value is -3.05. The Morgan fingerprint density at radius 1 is 1.29 bits per heavy atom. The van der Waals surface area contributed by atoms with Crippen LogP contribution in [0.4, 0.5) is 10.5 Å². The Balaban J connectivity index is 1.37. The molecule has 10 nitrogen and oxygen atoms in total. The number of carboxylic acid groups (broad SMARTS) is 1. The van der Waals surface area contributed by atoms with Crippen LogP contribution < -0.4 is 10.6 Å². The summed E-state index contributed by atoms with van der Waals surface area (Å²) in [5, 5.41) is 14.2. The van der Waals surface area contributed by atoms with Gasteiger partial charge in [0, 0.05) is 11.4 Å². The summed E-state index contributed by atoms with van der Waals surface area (Å²) >= 11 is 7.30. The second-order valence-corrected chi connectivity index (χ2v) is 8.55. The maximum absolute atomic E-state index is 12.4. The molecule has 162 valence electrons. The Bertz CT molecular complexity index is 1140. The van der Waals surface area contributed by atoms with Crippen LogP contribution >= 0.6 is 23.4 Å². The summed E-state index contributed by atoms with van der Waals surface area (Å²) < 4.78 is 4.64. The maximum atomic E-state index is 12.4. The van der Waals surface area contributed by atoms with E-state index in [1.165, 1.54) is 11.8 Å². The number of aromatic nitrogens is 2. The zero-order valence-electron chi connectivity index (χ0n) is 16.5. The third-order valence-corrected chi connectivity index (χ3v) is 6.64. The lowest BCUT2D eigenvalue weighted by molar-refractivity contribution is -0.148. The third-order valence-electron chi connectivity index (χ3n) is 4.90. The monoisotopic (exact) mass is 463 g/mol. The predicted molar refractivity (Wildman–Crippen MR) is 115 cm³/mol. The van der Waals surface area contributed by atoms with Gasteiger partial charge in [0.1, 0.15) is 11.4 Å². The number of halogens is 1. The van der Waals surface area contributed by atoms with E-state index in [1.54, 1.807) is 12.1 Å². The second-order valence-electron chi connectivity index (χ2n) is 6.98. The fraction of sp³-hybridized carbons (Fsp3) is 0.316. The van der Waals surface area contributed by atoms with Crippen molar-refractivity contribution in [3.63, 3.8) is 0 Å². The highest BCUT2D eigenvalue weighted by Gasteiger charge is 2.54. The van der Waals surface area contributed by atoms with Crippen molar-refractivity contribution in [1.29, 1.82) is 0 Å². The van der Waals surface area contributed by atoms with E-state index >= 15 is 0 Å². The number of ether oxygens (including phenoxy) is 1. The molecule has 3 heterocycles. The van der Waals surface area contributed by atoms with Gasteiger partial charge >= 0.3 is 6.16 Å². The summed E-state index contributed by atoms with van der Waals surface area (Å²) in [5.41, 5.74) is 3.87. The molecule has 2 atom stereocenters. The first-order valence-electron chi connectivity index (χ1n) is 9.27. The van der Waals surface area contributed by atoms with E-state index < -0.39 is 23.5 Å². The molecule has 0 spiro atoms. The molecule has 0 aliphatic carbocycles. The quantitative estimate of drug-likeness (QED) is 0.450. The number of carbonyl (C=O) groups is 3. The fourth-order valence-corrected chi connectivity index (χ4v) is 4.75. The van der Waals surface area contributed by atoms with Crippen molar-refractivity contribution in [3.8, 4) is 0 Å². The number of nitrogens with zero attached hydrogens (tertiary/aromatic N) is 3. The summed E-state index contributed by atoms with van der Waals surface area (Å²) in [6, 6.07) is 4.64. The first kappa shape index (κ1) is 21.2. The van der Waals surface area contributed by atoms with E-state index in [1.807, 2.05) is 19.9 Å². The molecule has 2 aliphatic heterocycles. The molecule has 12 heteroatoms. The summed E-state index contributed by atoms with van der Waals surface area (Å²) in [6.07, 6.45) is -1.56. The maximum Gasteiger partial charge on any atom is 0.512 e. The minimum atomic E-state index is -1.56. The normalized spacial score (nSPS) is 20.2. The van der Waals surface area contributed by atoms with Crippen molar-refractivity contribution in [3.05, 3.63) is 40.5 Å². The van der Waals surface area contributed by atoms with Crippen molar-refractivity contribution in [2.24, 2.45) is 0 Å². The molecule has 2 amide bonds. The van der Waals surface area contributed by atoms with Gasteiger partial charge in [-0.1, -0.05) is 11.6 Å². The number of benzene rings is 1. The molecule has 1 aromatic heterocycles. The summed E-state index contributed by atoms with van der Waals surface area (Å²) in [6.45, 7) is 3.72. The van der Waals surface area contributed by atoms with Gasteiger partial charge in [-0.2, -0.15) is 0 Å². The molecule has 0 radical (unpaired) electrons. The van der Waals surface area contributed by atoms with Crippen molar-refractivity contribution < 1.29 is 24.2 Å². The number of nitrogens with one attached hydrogen (secondary N) is 2. The van der Waals surface area contributed by atoms with Crippen LogP contribution in [0.15, 0.2) is 29.1 Å². The molecular formula is C19H18ClN5O5S. The lowest BCUT2D eigenvalue weighted by Gasteiger charge is -2.48. The number of hydrogen-bond donors (Lipinski definition) is 3. The van der Waals surface area contributed by atoms with E-state index in [9.17, 15) is 14.4 Å². The van der Waals surface area contributed by atoms with E-state index in [4.69, 9.17) is 16.7 Å². The van der Waals surface area contributed by atoms with Gasteiger partial charge in [-0.25, -0.2) is 14.8 Å². The van der Waals surface area contributed by atoms with Gasteiger partial charge in [-0.05, 0) is 32.0 Å². The average Bonchev–Trinajstić information content (AvgIpc) is 2.72. The molecular weight excluding hydrogens is 446 g/mol. The van der Waals surface area contributed by atoms with Crippen LogP contribution in [0.2, 0.25) is 0 Å². The SMILES string of the molecule is Cc1nc2ccc(NCC(=O)NC3C(=O)N4C(OC(=O)O)=C(Cl)CS[C@@H]34)cc2nc1C. The number of thioether (sulfide) groups is 1. The molecule has 0 saturated carbocycles. The highest BCUT2D eigenvalue weighted by atomic mass is 35.5. The first-order chi connectivity index (χ1) is 14.7. The predicted octanol–water partition coefficient (Wildman–Crippen LogP) is 2.16. The van der Waals surface area contributed by atoms with E-state index in [0.29, 0.717) is 11.2 Å². The van der Waals surface area contributed by atoms with Crippen LogP contribution in [-0.2, 0) is 14.3 Å². The lowest BCUT2D eigenvalue weighted by atomic mass is 10.1. The van der Waals surface area contributed by atoms with E-state index in [-0.39, 0.29) is 29.1 Å². The van der Waals surface area contributed by atoms with Gasteiger partial charge in [0.15, 0.2) is 0 Å². The number of rotatable bonds is 5. The van der Waals surface area contributed by atoms with Gasteiger partial charge in [0.25, 0.3) is 5.91 Å². The zero-order valence-corrected chi connectivity index (χ0v) is 18.1. The van der Waals surface area contributed by atoms with Gasteiger partial charge in [0.2, 0.25) is 11.8 Å². The molecule has 1 saturated heterocycles. The summed E-state index contributed by atoms with van der Waals surface area (Å²) in [7, 11) is 0. The topological polar surface area (TPSA) is 134 Å².